The zero-order valence-electron chi connectivity index (χ0n) is 20.6. The number of nitrogens with one attached hydrogen (secondary N) is 1. The molecule has 1 heterocycles. The van der Waals surface area contributed by atoms with Gasteiger partial charge in [-0.2, -0.15) is 5.10 Å². The quantitative estimate of drug-likeness (QED) is 0.301. The molecule has 1 atom stereocenters. The van der Waals surface area contributed by atoms with Crippen LogP contribution in [0.2, 0.25) is 0 Å². The molecule has 1 aliphatic rings. The van der Waals surface area contributed by atoms with Gasteiger partial charge in [-0.25, -0.2) is 4.68 Å². The van der Waals surface area contributed by atoms with Crippen molar-refractivity contribution in [2.45, 2.75) is 38.8 Å². The van der Waals surface area contributed by atoms with Crippen LogP contribution in [0, 0.1) is 12.8 Å². The molecule has 36 heavy (non-hydrogen) atoms. The maximum atomic E-state index is 13.4. The minimum absolute atomic E-state index is 0.187. The number of nitrogens with two attached hydrogens (primary N) is 1. The molecule has 0 radical (unpaired) electrons. The van der Waals surface area contributed by atoms with E-state index in [0.29, 0.717) is 17.9 Å². The van der Waals surface area contributed by atoms with Crippen LogP contribution in [0.15, 0.2) is 84.9 Å². The number of amides is 1. The van der Waals surface area contributed by atoms with E-state index in [1.807, 2.05) is 67.6 Å². The summed E-state index contributed by atoms with van der Waals surface area (Å²) in [6, 6.07) is 27.7. The van der Waals surface area contributed by atoms with Crippen molar-refractivity contribution in [2.24, 2.45) is 11.7 Å². The molecule has 1 aliphatic carbocycles. The molecule has 6 nitrogen and oxygen atoms in total. The largest absolute Gasteiger partial charge is 0.369 e. The summed E-state index contributed by atoms with van der Waals surface area (Å²) in [5.74, 6) is 0.586. The number of rotatable bonds is 10. The highest BCUT2D eigenvalue weighted by Gasteiger charge is 2.23. The Hall–Kier alpha value is -3.74. The summed E-state index contributed by atoms with van der Waals surface area (Å²) in [7, 11) is 0. The summed E-state index contributed by atoms with van der Waals surface area (Å²) in [6.45, 7) is 3.03. The van der Waals surface area contributed by atoms with Gasteiger partial charge in [0, 0.05) is 18.8 Å². The number of carbonyl (C=O) groups excluding carboxylic acids is 1. The predicted molar refractivity (Wildman–Crippen MR) is 142 cm³/mol. The third-order valence-corrected chi connectivity index (χ3v) is 6.51. The molecule has 6 heteroatoms. The molecule has 3 aromatic carbocycles. The fourth-order valence-corrected chi connectivity index (χ4v) is 4.42. The van der Waals surface area contributed by atoms with Crippen LogP contribution in [0.3, 0.4) is 0 Å². The highest BCUT2D eigenvalue weighted by atomic mass is 16.5. The van der Waals surface area contributed by atoms with Crippen molar-refractivity contribution < 1.29 is 9.53 Å². The number of anilines is 1. The molecule has 1 amide bonds. The van der Waals surface area contributed by atoms with Gasteiger partial charge in [0.2, 0.25) is 0 Å². The van der Waals surface area contributed by atoms with Gasteiger partial charge in [0.15, 0.2) is 0 Å². The normalized spacial score (nSPS) is 13.9. The van der Waals surface area contributed by atoms with Gasteiger partial charge in [-0.3, -0.25) is 4.79 Å². The van der Waals surface area contributed by atoms with E-state index in [1.165, 1.54) is 12.8 Å². The number of hydrogen-bond acceptors (Lipinski definition) is 4. The molecular formula is C30H32N4O2. The Morgan fingerprint density at radius 3 is 2.58 bits per heavy atom. The molecule has 1 saturated carbocycles. The number of carbonyl (C=O) groups is 1. The molecule has 0 saturated heterocycles. The molecular weight excluding hydrogens is 448 g/mol. The minimum atomic E-state index is -0.225. The highest BCUT2D eigenvalue weighted by molar-refractivity contribution is 6.03. The Kier molecular flexibility index (Phi) is 7.26. The molecule has 3 N–H and O–H groups in total. The number of ether oxygens (including phenoxy) is 1. The topological polar surface area (TPSA) is 82.2 Å². The summed E-state index contributed by atoms with van der Waals surface area (Å²) in [5.41, 5.74) is 11.6. The Balaban J connectivity index is 1.38. The van der Waals surface area contributed by atoms with Crippen LogP contribution in [0.25, 0.3) is 5.69 Å². The van der Waals surface area contributed by atoms with E-state index < -0.39 is 0 Å². The highest BCUT2D eigenvalue weighted by Crippen LogP contribution is 2.34. The van der Waals surface area contributed by atoms with E-state index in [0.717, 1.165) is 47.0 Å². The van der Waals surface area contributed by atoms with Gasteiger partial charge < -0.3 is 15.8 Å². The third kappa shape index (κ3) is 5.73. The van der Waals surface area contributed by atoms with Crippen LogP contribution < -0.4 is 11.1 Å². The summed E-state index contributed by atoms with van der Waals surface area (Å²) in [5, 5.41) is 7.61. The summed E-state index contributed by atoms with van der Waals surface area (Å²) >= 11 is 0. The van der Waals surface area contributed by atoms with E-state index in [4.69, 9.17) is 10.5 Å². The van der Waals surface area contributed by atoms with Crippen molar-refractivity contribution in [3.8, 4) is 5.69 Å². The van der Waals surface area contributed by atoms with Crippen LogP contribution in [0.5, 0.6) is 0 Å². The molecule has 5 rings (SSSR count). The van der Waals surface area contributed by atoms with Gasteiger partial charge in [0.1, 0.15) is 11.8 Å². The number of aromatic nitrogens is 2. The van der Waals surface area contributed by atoms with Gasteiger partial charge >= 0.3 is 0 Å². The number of benzene rings is 3. The third-order valence-electron chi connectivity index (χ3n) is 6.51. The smallest absolute Gasteiger partial charge is 0.274 e. The van der Waals surface area contributed by atoms with Crippen molar-refractivity contribution in [2.75, 3.05) is 11.9 Å². The lowest BCUT2D eigenvalue weighted by Crippen LogP contribution is -2.17. The number of aryl methyl sites for hydroxylation is 1. The zero-order valence-corrected chi connectivity index (χ0v) is 20.6. The Bertz CT molecular complexity index is 1330. The first-order chi connectivity index (χ1) is 17.6. The summed E-state index contributed by atoms with van der Waals surface area (Å²) < 4.78 is 8.04. The van der Waals surface area contributed by atoms with Crippen LogP contribution in [0.1, 0.15) is 58.2 Å². The predicted octanol–water partition coefficient (Wildman–Crippen LogP) is 5.80. The van der Waals surface area contributed by atoms with E-state index in [9.17, 15) is 4.79 Å². The first-order valence-electron chi connectivity index (χ1n) is 12.5. The van der Waals surface area contributed by atoms with Gasteiger partial charge in [-0.1, -0.05) is 67.4 Å². The van der Waals surface area contributed by atoms with Crippen molar-refractivity contribution in [1.82, 2.24) is 9.78 Å². The lowest BCUT2D eigenvalue weighted by Gasteiger charge is -2.20. The van der Waals surface area contributed by atoms with Crippen LogP contribution in [0.4, 0.5) is 5.69 Å². The maximum Gasteiger partial charge on any atom is 0.274 e. The van der Waals surface area contributed by atoms with Gasteiger partial charge in [-0.15, -0.1) is 0 Å². The zero-order chi connectivity index (χ0) is 24.9. The van der Waals surface area contributed by atoms with E-state index in [-0.39, 0.29) is 12.0 Å². The van der Waals surface area contributed by atoms with E-state index in [2.05, 4.69) is 28.6 Å². The van der Waals surface area contributed by atoms with Gasteiger partial charge in [0.05, 0.1) is 11.4 Å². The Morgan fingerprint density at radius 2 is 1.81 bits per heavy atom. The average molecular weight is 481 g/mol. The van der Waals surface area contributed by atoms with Crippen molar-refractivity contribution in [3.05, 3.63) is 113 Å². The minimum Gasteiger partial charge on any atom is -0.369 e. The molecule has 0 aliphatic heterocycles. The number of hydrogen-bond donors (Lipinski definition) is 2. The molecule has 1 aromatic heterocycles. The first kappa shape index (κ1) is 24.0. The van der Waals surface area contributed by atoms with E-state index in [1.54, 1.807) is 10.7 Å². The molecule has 0 bridgehead atoms. The Labute approximate surface area is 212 Å². The molecule has 0 spiro atoms. The second-order valence-corrected chi connectivity index (χ2v) is 9.43. The second kappa shape index (κ2) is 10.9. The average Bonchev–Trinajstić information content (AvgIpc) is 3.65. The molecule has 1 fully saturated rings. The maximum absolute atomic E-state index is 13.4. The SMILES string of the molecule is Cc1cc(C(=O)Nc2cccc(C(OCCC3CC3)c3ccccc3)c2)n(-c2cccc(CN)c2)n1. The molecule has 184 valence electrons. The van der Waals surface area contributed by atoms with Crippen molar-refractivity contribution >= 4 is 11.6 Å². The van der Waals surface area contributed by atoms with Gasteiger partial charge in [0.25, 0.3) is 5.91 Å². The summed E-state index contributed by atoms with van der Waals surface area (Å²) in [6.07, 6.45) is 3.53. The fraction of sp³-hybridized carbons (Fsp3) is 0.267. The Morgan fingerprint density at radius 1 is 1.03 bits per heavy atom. The van der Waals surface area contributed by atoms with Crippen molar-refractivity contribution in [3.63, 3.8) is 0 Å². The summed E-state index contributed by atoms with van der Waals surface area (Å²) in [4.78, 5) is 13.4. The number of nitrogens with zero attached hydrogens (tertiary/aromatic N) is 2. The lowest BCUT2D eigenvalue weighted by molar-refractivity contribution is 0.0754. The van der Waals surface area contributed by atoms with Crippen LogP contribution in [-0.4, -0.2) is 22.3 Å². The van der Waals surface area contributed by atoms with Crippen molar-refractivity contribution in [1.29, 1.82) is 0 Å². The standard InChI is InChI=1S/C30H32N4O2/c1-21-17-28(34(33-21)27-12-5-7-23(18-27)20-31)30(35)32-26-11-6-10-25(19-26)29(24-8-3-2-4-9-24)36-16-15-22-13-14-22/h2-12,17-19,22,29H,13-16,20,31H2,1H3,(H,32,35). The van der Waals surface area contributed by atoms with Crippen LogP contribution in [-0.2, 0) is 11.3 Å². The van der Waals surface area contributed by atoms with Crippen LogP contribution >= 0.6 is 0 Å². The second-order valence-electron chi connectivity index (χ2n) is 9.43. The fourth-order valence-electron chi connectivity index (χ4n) is 4.42. The lowest BCUT2D eigenvalue weighted by atomic mass is 10.0. The molecule has 4 aromatic rings. The molecule has 1 unspecified atom stereocenters. The van der Waals surface area contributed by atoms with E-state index >= 15 is 0 Å². The monoisotopic (exact) mass is 480 g/mol. The first-order valence-corrected chi connectivity index (χ1v) is 12.5. The van der Waals surface area contributed by atoms with Gasteiger partial charge in [-0.05, 0) is 66.3 Å².